The fourth-order valence-electron chi connectivity index (χ4n) is 3.64. The average molecular weight is 380 g/mol. The Balaban J connectivity index is 1.69. The van der Waals surface area contributed by atoms with Crippen molar-refractivity contribution in [2.45, 2.75) is 26.4 Å². The van der Waals surface area contributed by atoms with Crippen LogP contribution in [0.15, 0.2) is 29.3 Å². The molecule has 2 aliphatic heterocycles. The molecule has 0 spiro atoms. The van der Waals surface area contributed by atoms with Gasteiger partial charge in [-0.2, -0.15) is 0 Å². The van der Waals surface area contributed by atoms with Crippen LogP contribution >= 0.6 is 0 Å². The molecule has 2 atom stereocenters. The summed E-state index contributed by atoms with van der Waals surface area (Å²) in [6.45, 7) is 7.70. The van der Waals surface area contributed by atoms with E-state index in [0.717, 1.165) is 32.0 Å². The number of hydrogen-bond acceptors (Lipinski definition) is 4. The Kier molecular flexibility index (Phi) is 6.19. The number of hydrogen-bond donors (Lipinski definition) is 1. The van der Waals surface area contributed by atoms with Crippen LogP contribution in [0.1, 0.15) is 30.6 Å². The van der Waals surface area contributed by atoms with E-state index >= 15 is 0 Å². The van der Waals surface area contributed by atoms with Crippen molar-refractivity contribution in [2.24, 2.45) is 10.9 Å². The highest BCUT2D eigenvalue weighted by Crippen LogP contribution is 2.25. The molecule has 2 unspecified atom stereocenters. The Labute approximate surface area is 156 Å². The number of ether oxygens (including phenoxy) is 1. The molecule has 0 radical (unpaired) electrons. The van der Waals surface area contributed by atoms with Gasteiger partial charge in [-0.05, 0) is 37.3 Å². The van der Waals surface area contributed by atoms with E-state index in [1.165, 1.54) is 11.1 Å². The average Bonchev–Trinajstić information content (AvgIpc) is 2.98. The molecule has 1 aromatic carbocycles. The lowest BCUT2D eigenvalue weighted by atomic mass is 10.0. The number of aliphatic imine (C=N–C) groups is 1. The van der Waals surface area contributed by atoms with Gasteiger partial charge in [0, 0.05) is 19.6 Å². The number of aryl methyl sites for hydroxylation is 1. The van der Waals surface area contributed by atoms with Gasteiger partial charge in [-0.15, -0.1) is 0 Å². The van der Waals surface area contributed by atoms with E-state index in [9.17, 15) is 8.42 Å². The highest BCUT2D eigenvalue weighted by molar-refractivity contribution is 7.91. The summed E-state index contributed by atoms with van der Waals surface area (Å²) < 4.78 is 29.3. The van der Waals surface area contributed by atoms with E-state index in [2.05, 4.69) is 36.2 Å². The van der Waals surface area contributed by atoms with Crippen LogP contribution in [-0.4, -0.2) is 63.6 Å². The van der Waals surface area contributed by atoms with Gasteiger partial charge in [0.1, 0.15) is 6.10 Å². The maximum Gasteiger partial charge on any atom is 0.194 e. The quantitative estimate of drug-likeness (QED) is 0.638. The van der Waals surface area contributed by atoms with Gasteiger partial charge < -0.3 is 15.0 Å². The molecule has 1 aromatic rings. The highest BCUT2D eigenvalue weighted by atomic mass is 32.2. The normalized spacial score (nSPS) is 26.1. The third-order valence-corrected chi connectivity index (χ3v) is 6.90. The smallest absolute Gasteiger partial charge is 0.194 e. The predicted octanol–water partition coefficient (Wildman–Crippen LogP) is 1.77. The van der Waals surface area contributed by atoms with Gasteiger partial charge in [0.15, 0.2) is 15.8 Å². The van der Waals surface area contributed by atoms with Crippen LogP contribution < -0.4 is 5.32 Å². The van der Waals surface area contributed by atoms with E-state index in [-0.39, 0.29) is 17.8 Å². The number of guanidine groups is 1. The summed E-state index contributed by atoms with van der Waals surface area (Å²) in [4.78, 5) is 6.98. The first kappa shape index (κ1) is 19.2. The minimum Gasteiger partial charge on any atom is -0.370 e. The van der Waals surface area contributed by atoms with E-state index in [0.29, 0.717) is 18.9 Å². The Morgan fingerprint density at radius 2 is 2.19 bits per heavy atom. The Bertz CT molecular complexity index is 748. The second-order valence-electron chi connectivity index (χ2n) is 7.13. The van der Waals surface area contributed by atoms with Crippen LogP contribution in [0.25, 0.3) is 0 Å². The van der Waals surface area contributed by atoms with Gasteiger partial charge in [-0.25, -0.2) is 8.42 Å². The van der Waals surface area contributed by atoms with Crippen molar-refractivity contribution in [2.75, 3.05) is 44.3 Å². The van der Waals surface area contributed by atoms with E-state index in [1.54, 1.807) is 0 Å². The molecule has 0 bridgehead atoms. The maximum atomic E-state index is 11.7. The monoisotopic (exact) mass is 379 g/mol. The summed E-state index contributed by atoms with van der Waals surface area (Å²) in [5.41, 5.74) is 2.45. The van der Waals surface area contributed by atoms with E-state index in [1.807, 2.05) is 12.1 Å². The summed E-state index contributed by atoms with van der Waals surface area (Å²) in [6.07, 6.45) is 0.751. The fraction of sp³-hybridized carbons (Fsp3) is 0.632. The van der Waals surface area contributed by atoms with Crippen LogP contribution in [0.5, 0.6) is 0 Å². The molecule has 0 amide bonds. The standard InChI is InChI=1S/C19H29N3O3S/c1-3-20-19(21-12-16-8-11-26(23,24)14-16)22-9-10-25-18(13-22)17-7-5-4-6-15(17)2/h4-7,16,18H,3,8-14H2,1-2H3,(H,20,21). The summed E-state index contributed by atoms with van der Waals surface area (Å²) in [5, 5.41) is 3.35. The van der Waals surface area contributed by atoms with Crippen molar-refractivity contribution in [3.05, 3.63) is 35.4 Å². The van der Waals surface area contributed by atoms with Gasteiger partial charge in [-0.3, -0.25) is 4.99 Å². The fourth-order valence-corrected chi connectivity index (χ4v) is 5.48. The third-order valence-electron chi connectivity index (χ3n) is 5.06. The van der Waals surface area contributed by atoms with Gasteiger partial charge in [-0.1, -0.05) is 24.3 Å². The number of morpholine rings is 1. The molecular formula is C19H29N3O3S. The molecule has 26 heavy (non-hydrogen) atoms. The molecule has 2 fully saturated rings. The van der Waals surface area contributed by atoms with Gasteiger partial charge in [0.25, 0.3) is 0 Å². The van der Waals surface area contributed by atoms with Crippen LogP contribution in [-0.2, 0) is 14.6 Å². The second-order valence-corrected chi connectivity index (χ2v) is 9.35. The van der Waals surface area contributed by atoms with Gasteiger partial charge in [0.05, 0.1) is 24.7 Å². The van der Waals surface area contributed by atoms with Crippen molar-refractivity contribution in [3.8, 4) is 0 Å². The third kappa shape index (κ3) is 4.76. The molecule has 7 heteroatoms. The molecule has 144 valence electrons. The summed E-state index contributed by atoms with van der Waals surface area (Å²) in [5.74, 6) is 1.57. The highest BCUT2D eigenvalue weighted by Gasteiger charge is 2.29. The molecule has 2 saturated heterocycles. The molecule has 0 aromatic heterocycles. The first-order valence-electron chi connectivity index (χ1n) is 9.39. The van der Waals surface area contributed by atoms with Crippen LogP contribution in [0.3, 0.4) is 0 Å². The lowest BCUT2D eigenvalue weighted by molar-refractivity contribution is -0.00834. The number of nitrogens with zero attached hydrogens (tertiary/aromatic N) is 2. The number of sulfone groups is 1. The maximum absolute atomic E-state index is 11.7. The van der Waals surface area contributed by atoms with Crippen LogP contribution in [0, 0.1) is 12.8 Å². The minimum absolute atomic E-state index is 0.0284. The zero-order chi connectivity index (χ0) is 18.6. The molecule has 2 heterocycles. The SMILES string of the molecule is CCNC(=NCC1CCS(=O)(=O)C1)N1CCOC(c2ccccc2C)C1. The molecule has 0 aliphatic carbocycles. The Morgan fingerprint density at radius 3 is 2.88 bits per heavy atom. The molecule has 3 rings (SSSR count). The predicted molar refractivity (Wildman–Crippen MR) is 104 cm³/mol. The summed E-state index contributed by atoms with van der Waals surface area (Å²) in [7, 11) is -2.85. The zero-order valence-electron chi connectivity index (χ0n) is 15.6. The van der Waals surface area contributed by atoms with Crippen molar-refractivity contribution in [3.63, 3.8) is 0 Å². The molecule has 2 aliphatic rings. The van der Waals surface area contributed by atoms with Gasteiger partial charge in [0.2, 0.25) is 0 Å². The molecule has 0 saturated carbocycles. The summed E-state index contributed by atoms with van der Waals surface area (Å²) >= 11 is 0. The van der Waals surface area contributed by atoms with Crippen molar-refractivity contribution in [1.29, 1.82) is 0 Å². The zero-order valence-corrected chi connectivity index (χ0v) is 16.5. The first-order chi connectivity index (χ1) is 12.5. The van der Waals surface area contributed by atoms with E-state index < -0.39 is 9.84 Å². The largest absolute Gasteiger partial charge is 0.370 e. The lowest BCUT2D eigenvalue weighted by Gasteiger charge is -2.36. The van der Waals surface area contributed by atoms with Crippen molar-refractivity contribution < 1.29 is 13.2 Å². The lowest BCUT2D eigenvalue weighted by Crippen LogP contribution is -2.48. The van der Waals surface area contributed by atoms with Crippen LogP contribution in [0.2, 0.25) is 0 Å². The number of benzene rings is 1. The number of nitrogens with one attached hydrogen (secondary N) is 1. The summed E-state index contributed by atoms with van der Waals surface area (Å²) in [6, 6.07) is 8.32. The topological polar surface area (TPSA) is 71.0 Å². The Morgan fingerprint density at radius 1 is 1.38 bits per heavy atom. The molecule has 6 nitrogen and oxygen atoms in total. The minimum atomic E-state index is -2.85. The van der Waals surface area contributed by atoms with Crippen LogP contribution in [0.4, 0.5) is 0 Å². The second kappa shape index (κ2) is 8.39. The first-order valence-corrected chi connectivity index (χ1v) is 11.2. The van der Waals surface area contributed by atoms with Gasteiger partial charge >= 0.3 is 0 Å². The number of rotatable bonds is 4. The Hall–Kier alpha value is -1.60. The molecule has 1 N–H and O–H groups in total. The molecular weight excluding hydrogens is 350 g/mol. The van der Waals surface area contributed by atoms with Crippen molar-refractivity contribution >= 4 is 15.8 Å². The van der Waals surface area contributed by atoms with E-state index in [4.69, 9.17) is 9.73 Å². The van der Waals surface area contributed by atoms with Crippen molar-refractivity contribution in [1.82, 2.24) is 10.2 Å².